The van der Waals surface area contributed by atoms with Crippen LogP contribution < -0.4 is 10.1 Å². The van der Waals surface area contributed by atoms with Gasteiger partial charge >= 0.3 is 5.97 Å². The molecule has 0 bridgehead atoms. The number of carboxylic acids is 1. The molecule has 108 valence electrons. The molecule has 1 aromatic carbocycles. The first-order valence-electron chi connectivity index (χ1n) is 6.42. The smallest absolute Gasteiger partial charge is 0.335 e. The normalized spacial score (nSPS) is 15.5. The monoisotopic (exact) mass is 297 g/mol. The van der Waals surface area contributed by atoms with E-state index in [-0.39, 0.29) is 29.1 Å². The third-order valence-corrected chi connectivity index (χ3v) is 3.55. The summed E-state index contributed by atoms with van der Waals surface area (Å²) in [7, 11) is 0. The molecule has 1 fully saturated rings. The molecule has 1 atom stereocenters. The van der Waals surface area contributed by atoms with Crippen molar-refractivity contribution >= 4 is 23.5 Å². The van der Waals surface area contributed by atoms with E-state index in [0.29, 0.717) is 11.7 Å². The number of carboxylic acid groups (broad SMARTS) is 1. The predicted octanol–water partition coefficient (Wildman–Crippen LogP) is 2.33. The minimum absolute atomic E-state index is 0.0779. The number of hydrogen-bond acceptors (Lipinski definition) is 3. The van der Waals surface area contributed by atoms with Gasteiger partial charge in [-0.2, -0.15) is 0 Å². The third kappa shape index (κ3) is 3.87. The van der Waals surface area contributed by atoms with E-state index in [1.54, 1.807) is 0 Å². The Morgan fingerprint density at radius 3 is 2.75 bits per heavy atom. The Morgan fingerprint density at radius 1 is 1.50 bits per heavy atom. The van der Waals surface area contributed by atoms with E-state index in [1.807, 2.05) is 6.92 Å². The van der Waals surface area contributed by atoms with Crippen LogP contribution in [0.15, 0.2) is 18.2 Å². The van der Waals surface area contributed by atoms with Crippen molar-refractivity contribution in [1.29, 1.82) is 0 Å². The number of carbonyl (C=O) groups excluding carboxylic acids is 1. The summed E-state index contributed by atoms with van der Waals surface area (Å²) >= 11 is 5.90. The number of aromatic carboxylic acids is 1. The summed E-state index contributed by atoms with van der Waals surface area (Å²) in [6.45, 7) is 1.84. The zero-order chi connectivity index (χ0) is 14.7. The molecule has 0 aromatic heterocycles. The van der Waals surface area contributed by atoms with Crippen LogP contribution in [0.25, 0.3) is 0 Å². The second-order valence-electron chi connectivity index (χ2n) is 4.93. The summed E-state index contributed by atoms with van der Waals surface area (Å²) in [4.78, 5) is 22.4. The van der Waals surface area contributed by atoms with Crippen LogP contribution in [-0.4, -0.2) is 29.6 Å². The van der Waals surface area contributed by atoms with Gasteiger partial charge in [0.15, 0.2) is 6.61 Å². The van der Waals surface area contributed by atoms with E-state index in [2.05, 4.69) is 5.32 Å². The first-order valence-corrected chi connectivity index (χ1v) is 6.80. The maximum Gasteiger partial charge on any atom is 0.335 e. The van der Waals surface area contributed by atoms with Gasteiger partial charge in [-0.25, -0.2) is 4.79 Å². The van der Waals surface area contributed by atoms with Gasteiger partial charge in [-0.3, -0.25) is 4.79 Å². The van der Waals surface area contributed by atoms with Gasteiger partial charge in [0, 0.05) is 6.04 Å². The van der Waals surface area contributed by atoms with E-state index in [1.165, 1.54) is 18.2 Å². The molecule has 2 N–H and O–H groups in total. The van der Waals surface area contributed by atoms with Crippen molar-refractivity contribution in [2.24, 2.45) is 5.92 Å². The van der Waals surface area contributed by atoms with Crippen LogP contribution in [0.5, 0.6) is 5.75 Å². The third-order valence-electron chi connectivity index (χ3n) is 3.26. The van der Waals surface area contributed by atoms with Gasteiger partial charge in [-0.05, 0) is 43.9 Å². The number of benzene rings is 1. The summed E-state index contributed by atoms with van der Waals surface area (Å²) in [5.41, 5.74) is 0.0779. The van der Waals surface area contributed by atoms with E-state index < -0.39 is 5.97 Å². The van der Waals surface area contributed by atoms with Gasteiger partial charge in [0.05, 0.1) is 10.6 Å². The Bertz CT molecular complexity index is 528. The SMILES string of the molecule is C[C@@H](NC(=O)COc1ccc(C(=O)O)cc1Cl)C1CC1. The molecule has 0 radical (unpaired) electrons. The lowest BCUT2D eigenvalue weighted by molar-refractivity contribution is -0.123. The van der Waals surface area contributed by atoms with Crippen molar-refractivity contribution < 1.29 is 19.4 Å². The standard InChI is InChI=1S/C14H16ClNO4/c1-8(9-2-3-9)16-13(17)7-20-12-5-4-10(14(18)19)6-11(12)15/h4-6,8-9H,2-3,7H2,1H3,(H,16,17)(H,18,19)/t8-/m1/s1. The molecule has 1 aliphatic carbocycles. The highest BCUT2D eigenvalue weighted by Crippen LogP contribution is 2.32. The number of rotatable bonds is 6. The number of halogens is 1. The lowest BCUT2D eigenvalue weighted by Crippen LogP contribution is -2.37. The molecule has 20 heavy (non-hydrogen) atoms. The van der Waals surface area contributed by atoms with E-state index >= 15 is 0 Å². The molecule has 0 spiro atoms. The Labute approximate surface area is 121 Å². The molecule has 0 heterocycles. The maximum atomic E-state index is 11.7. The first-order chi connectivity index (χ1) is 9.47. The summed E-state index contributed by atoms with van der Waals surface area (Å²) in [6, 6.07) is 4.29. The number of carbonyl (C=O) groups is 2. The van der Waals surface area contributed by atoms with Gasteiger partial charge in [-0.15, -0.1) is 0 Å². The Balaban J connectivity index is 1.86. The maximum absolute atomic E-state index is 11.7. The first kappa shape index (κ1) is 14.7. The number of amides is 1. The molecule has 6 heteroatoms. The number of hydrogen-bond donors (Lipinski definition) is 2. The van der Waals surface area contributed by atoms with E-state index in [0.717, 1.165) is 12.8 Å². The minimum atomic E-state index is -1.06. The van der Waals surface area contributed by atoms with Crippen LogP contribution in [0.1, 0.15) is 30.1 Å². The van der Waals surface area contributed by atoms with Gasteiger partial charge in [-0.1, -0.05) is 11.6 Å². The van der Waals surface area contributed by atoms with Crippen LogP contribution in [0.3, 0.4) is 0 Å². The van der Waals surface area contributed by atoms with Crippen molar-refractivity contribution in [2.75, 3.05) is 6.61 Å². The van der Waals surface area contributed by atoms with Crippen molar-refractivity contribution in [3.05, 3.63) is 28.8 Å². The van der Waals surface area contributed by atoms with E-state index in [9.17, 15) is 9.59 Å². The molecular formula is C14H16ClNO4. The highest BCUT2D eigenvalue weighted by molar-refractivity contribution is 6.32. The number of ether oxygens (including phenoxy) is 1. The lowest BCUT2D eigenvalue weighted by atomic mass is 10.2. The zero-order valence-corrected chi connectivity index (χ0v) is 11.8. The van der Waals surface area contributed by atoms with Crippen LogP contribution in [0.2, 0.25) is 5.02 Å². The van der Waals surface area contributed by atoms with Crippen molar-refractivity contribution in [3.63, 3.8) is 0 Å². The average molecular weight is 298 g/mol. The Kier molecular flexibility index (Phi) is 4.49. The highest BCUT2D eigenvalue weighted by atomic mass is 35.5. The van der Waals surface area contributed by atoms with Crippen LogP contribution in [0, 0.1) is 5.92 Å². The minimum Gasteiger partial charge on any atom is -0.482 e. The second-order valence-corrected chi connectivity index (χ2v) is 5.34. The molecule has 1 aliphatic rings. The van der Waals surface area contributed by atoms with Crippen molar-refractivity contribution in [2.45, 2.75) is 25.8 Å². The van der Waals surface area contributed by atoms with Crippen LogP contribution in [-0.2, 0) is 4.79 Å². The van der Waals surface area contributed by atoms with Gasteiger partial charge < -0.3 is 15.2 Å². The zero-order valence-electron chi connectivity index (χ0n) is 11.1. The van der Waals surface area contributed by atoms with Gasteiger partial charge in [0.1, 0.15) is 5.75 Å². The van der Waals surface area contributed by atoms with Crippen molar-refractivity contribution in [3.8, 4) is 5.75 Å². The molecule has 1 saturated carbocycles. The number of nitrogens with one attached hydrogen (secondary N) is 1. The molecule has 5 nitrogen and oxygen atoms in total. The topological polar surface area (TPSA) is 75.6 Å². The largest absolute Gasteiger partial charge is 0.482 e. The summed E-state index contributed by atoms with van der Waals surface area (Å²) < 4.78 is 5.30. The Hall–Kier alpha value is -1.75. The summed E-state index contributed by atoms with van der Waals surface area (Å²) in [5.74, 6) is -0.388. The predicted molar refractivity (Wildman–Crippen MR) is 74.2 cm³/mol. The summed E-state index contributed by atoms with van der Waals surface area (Å²) in [6.07, 6.45) is 2.32. The van der Waals surface area contributed by atoms with E-state index in [4.69, 9.17) is 21.4 Å². The second kappa shape index (κ2) is 6.13. The Morgan fingerprint density at radius 2 is 2.20 bits per heavy atom. The molecule has 1 aromatic rings. The molecular weight excluding hydrogens is 282 g/mol. The van der Waals surface area contributed by atoms with Gasteiger partial charge in [0.25, 0.3) is 5.91 Å². The fraction of sp³-hybridized carbons (Fsp3) is 0.429. The molecule has 0 unspecified atom stereocenters. The highest BCUT2D eigenvalue weighted by Gasteiger charge is 2.28. The lowest BCUT2D eigenvalue weighted by Gasteiger charge is -2.13. The summed E-state index contributed by atoms with van der Waals surface area (Å²) in [5, 5.41) is 11.8. The quantitative estimate of drug-likeness (QED) is 0.845. The average Bonchev–Trinajstić information content (AvgIpc) is 3.21. The molecule has 0 aliphatic heterocycles. The van der Waals surface area contributed by atoms with Gasteiger partial charge in [0.2, 0.25) is 0 Å². The van der Waals surface area contributed by atoms with Crippen LogP contribution >= 0.6 is 11.6 Å². The fourth-order valence-corrected chi connectivity index (χ4v) is 2.14. The molecule has 1 amide bonds. The fourth-order valence-electron chi connectivity index (χ4n) is 1.90. The molecule has 2 rings (SSSR count). The van der Waals surface area contributed by atoms with Crippen molar-refractivity contribution in [1.82, 2.24) is 5.32 Å². The molecule has 0 saturated heterocycles. The van der Waals surface area contributed by atoms with Crippen LogP contribution in [0.4, 0.5) is 0 Å².